The number of hydrogen-bond donors (Lipinski definition) is 0. The third kappa shape index (κ3) is 1.95. The van der Waals surface area contributed by atoms with Gasteiger partial charge in [-0.05, 0) is 30.7 Å². The van der Waals surface area contributed by atoms with Gasteiger partial charge in [-0.2, -0.15) is 0 Å². The summed E-state index contributed by atoms with van der Waals surface area (Å²) < 4.78 is 4.21. The van der Waals surface area contributed by atoms with Gasteiger partial charge in [-0.25, -0.2) is 19.9 Å². The molecule has 0 amide bonds. The van der Waals surface area contributed by atoms with Crippen LogP contribution in [-0.4, -0.2) is 29.1 Å². The Morgan fingerprint density at radius 1 is 0.864 bits per heavy atom. The minimum absolute atomic E-state index is 0.0739. The van der Waals surface area contributed by atoms with E-state index >= 15 is 0 Å². The predicted octanol–water partition coefficient (Wildman–Crippen LogP) is 3.02. The zero-order chi connectivity index (χ0) is 14.9. The van der Waals surface area contributed by atoms with E-state index in [9.17, 15) is 0 Å². The first-order chi connectivity index (χ1) is 10.9. The highest BCUT2D eigenvalue weighted by Crippen LogP contribution is 2.24. The summed E-state index contributed by atoms with van der Waals surface area (Å²) in [5.74, 6) is 0. The van der Waals surface area contributed by atoms with Crippen molar-refractivity contribution in [2.45, 2.75) is 25.9 Å². The second-order valence-corrected chi connectivity index (χ2v) is 5.27. The number of rotatable bonds is 4. The number of nitrogens with zero attached hydrogens (tertiary/aromatic N) is 6. The zero-order valence-corrected chi connectivity index (χ0v) is 12.3. The molecule has 0 spiro atoms. The summed E-state index contributed by atoms with van der Waals surface area (Å²) in [5, 5.41) is 0. The van der Waals surface area contributed by atoms with Gasteiger partial charge in [0.25, 0.3) is 0 Å². The zero-order valence-electron chi connectivity index (χ0n) is 12.3. The molecule has 4 heterocycles. The molecule has 0 fully saturated rings. The highest BCUT2D eigenvalue weighted by atomic mass is 15.3. The maximum absolute atomic E-state index is 4.48. The van der Waals surface area contributed by atoms with Crippen LogP contribution in [0.4, 0.5) is 0 Å². The molecule has 0 atom stereocenters. The first kappa shape index (κ1) is 12.9. The van der Waals surface area contributed by atoms with Gasteiger partial charge < -0.3 is 0 Å². The minimum atomic E-state index is 0.0739. The highest BCUT2D eigenvalue weighted by molar-refractivity contribution is 5.72. The van der Waals surface area contributed by atoms with E-state index in [2.05, 4.69) is 36.0 Å². The lowest BCUT2D eigenvalue weighted by atomic mass is 10.2. The van der Waals surface area contributed by atoms with Gasteiger partial charge in [0.05, 0.1) is 12.7 Å². The highest BCUT2D eigenvalue weighted by Gasteiger charge is 2.18. The molecule has 0 unspecified atom stereocenters. The summed E-state index contributed by atoms with van der Waals surface area (Å²) >= 11 is 0. The fourth-order valence-electron chi connectivity index (χ4n) is 2.84. The molecule has 6 nitrogen and oxygen atoms in total. The van der Waals surface area contributed by atoms with E-state index in [1.807, 2.05) is 36.9 Å². The summed E-state index contributed by atoms with van der Waals surface area (Å²) in [4.78, 5) is 17.9. The van der Waals surface area contributed by atoms with Crippen molar-refractivity contribution < 1.29 is 0 Å². The largest absolute Gasteiger partial charge is 0.293 e. The van der Waals surface area contributed by atoms with E-state index in [0.29, 0.717) is 0 Å². The third-order valence-electron chi connectivity index (χ3n) is 3.85. The number of hydrogen-bond acceptors (Lipinski definition) is 4. The molecule has 0 aliphatic rings. The lowest BCUT2D eigenvalue weighted by molar-refractivity contribution is 0.412. The van der Waals surface area contributed by atoms with Gasteiger partial charge in [0.15, 0.2) is 11.3 Å². The molecule has 0 aliphatic heterocycles. The fourth-order valence-corrected chi connectivity index (χ4v) is 2.84. The van der Waals surface area contributed by atoms with Gasteiger partial charge in [0.1, 0.15) is 17.2 Å². The molecule has 4 aromatic rings. The van der Waals surface area contributed by atoms with Crippen molar-refractivity contribution in [1.82, 2.24) is 29.1 Å². The molecule has 0 saturated carbocycles. The number of aromatic nitrogens is 6. The predicted molar refractivity (Wildman–Crippen MR) is 84.4 cm³/mol. The Labute approximate surface area is 127 Å². The molecule has 0 N–H and O–H groups in total. The van der Waals surface area contributed by atoms with Crippen LogP contribution in [0.1, 0.15) is 25.9 Å². The average molecular weight is 292 g/mol. The summed E-state index contributed by atoms with van der Waals surface area (Å²) in [6.45, 7) is 2.17. The monoisotopic (exact) mass is 292 g/mol. The van der Waals surface area contributed by atoms with Gasteiger partial charge >= 0.3 is 0 Å². The van der Waals surface area contributed by atoms with Gasteiger partial charge in [0, 0.05) is 12.4 Å². The van der Waals surface area contributed by atoms with Gasteiger partial charge in [-0.3, -0.25) is 9.13 Å². The number of fused-ring (bicyclic) bond motifs is 2. The van der Waals surface area contributed by atoms with Crippen LogP contribution in [0.5, 0.6) is 0 Å². The molecule has 22 heavy (non-hydrogen) atoms. The Bertz CT molecular complexity index is 848. The Balaban J connectivity index is 1.91. The standard InChI is InChI=1S/C16H16N6/c1-2-5-14(21-10-19-12-6-3-8-17-15(12)21)22-11-20-13-7-4-9-18-16(13)22/h3-4,6-11,14H,2,5H2,1H3. The molecule has 0 aromatic carbocycles. The van der Waals surface area contributed by atoms with Crippen molar-refractivity contribution in [3.8, 4) is 0 Å². The average Bonchev–Trinajstić information content (AvgIpc) is 3.17. The quantitative estimate of drug-likeness (QED) is 0.580. The van der Waals surface area contributed by atoms with Crippen LogP contribution >= 0.6 is 0 Å². The van der Waals surface area contributed by atoms with Crippen molar-refractivity contribution in [2.24, 2.45) is 0 Å². The van der Waals surface area contributed by atoms with Crippen molar-refractivity contribution >= 4 is 22.3 Å². The van der Waals surface area contributed by atoms with Crippen LogP contribution in [0, 0.1) is 0 Å². The third-order valence-corrected chi connectivity index (χ3v) is 3.85. The molecule has 0 radical (unpaired) electrons. The Kier molecular flexibility index (Phi) is 3.07. The number of pyridine rings is 2. The van der Waals surface area contributed by atoms with Crippen molar-refractivity contribution in [2.75, 3.05) is 0 Å². The molecular weight excluding hydrogens is 276 g/mol. The molecular formula is C16H16N6. The van der Waals surface area contributed by atoms with Gasteiger partial charge in [0.2, 0.25) is 0 Å². The van der Waals surface area contributed by atoms with Gasteiger partial charge in [-0.15, -0.1) is 0 Å². The maximum Gasteiger partial charge on any atom is 0.161 e. The molecule has 110 valence electrons. The Morgan fingerprint density at radius 2 is 1.41 bits per heavy atom. The second kappa shape index (κ2) is 5.22. The smallest absolute Gasteiger partial charge is 0.161 e. The second-order valence-electron chi connectivity index (χ2n) is 5.27. The molecule has 4 rings (SSSR count). The first-order valence-corrected chi connectivity index (χ1v) is 7.43. The summed E-state index contributed by atoms with van der Waals surface area (Å²) in [5.41, 5.74) is 3.58. The SMILES string of the molecule is CCCC(n1cnc2cccnc21)n1cnc2cccnc21. The van der Waals surface area contributed by atoms with Crippen LogP contribution in [-0.2, 0) is 0 Å². The minimum Gasteiger partial charge on any atom is -0.293 e. The van der Waals surface area contributed by atoms with Crippen LogP contribution < -0.4 is 0 Å². The van der Waals surface area contributed by atoms with E-state index in [-0.39, 0.29) is 6.17 Å². The summed E-state index contributed by atoms with van der Waals surface area (Å²) in [6, 6.07) is 7.77. The first-order valence-electron chi connectivity index (χ1n) is 7.43. The molecule has 4 aromatic heterocycles. The topological polar surface area (TPSA) is 61.4 Å². The Morgan fingerprint density at radius 3 is 1.91 bits per heavy atom. The van der Waals surface area contributed by atoms with E-state index in [0.717, 1.165) is 35.2 Å². The lowest BCUT2D eigenvalue weighted by Gasteiger charge is -2.20. The van der Waals surface area contributed by atoms with Crippen LogP contribution in [0.2, 0.25) is 0 Å². The van der Waals surface area contributed by atoms with E-state index in [1.165, 1.54) is 0 Å². The van der Waals surface area contributed by atoms with E-state index in [1.54, 1.807) is 12.4 Å². The normalized spacial score (nSPS) is 11.7. The summed E-state index contributed by atoms with van der Waals surface area (Å²) in [7, 11) is 0. The number of imidazole rings is 2. The van der Waals surface area contributed by atoms with Crippen molar-refractivity contribution in [3.05, 3.63) is 49.3 Å². The van der Waals surface area contributed by atoms with Crippen molar-refractivity contribution in [1.29, 1.82) is 0 Å². The molecule has 0 bridgehead atoms. The van der Waals surface area contributed by atoms with E-state index < -0.39 is 0 Å². The molecule has 6 heteroatoms. The van der Waals surface area contributed by atoms with Gasteiger partial charge in [-0.1, -0.05) is 13.3 Å². The molecule has 0 saturated heterocycles. The van der Waals surface area contributed by atoms with Crippen LogP contribution in [0.25, 0.3) is 22.3 Å². The Hall–Kier alpha value is -2.76. The maximum atomic E-state index is 4.48. The van der Waals surface area contributed by atoms with Crippen LogP contribution in [0.3, 0.4) is 0 Å². The fraction of sp³-hybridized carbons (Fsp3) is 0.250. The summed E-state index contributed by atoms with van der Waals surface area (Å²) in [6.07, 6.45) is 9.39. The van der Waals surface area contributed by atoms with Crippen LogP contribution in [0.15, 0.2) is 49.3 Å². The lowest BCUT2D eigenvalue weighted by Crippen LogP contribution is -2.17. The van der Waals surface area contributed by atoms with E-state index in [4.69, 9.17) is 0 Å². The van der Waals surface area contributed by atoms with Crippen molar-refractivity contribution in [3.63, 3.8) is 0 Å². The molecule has 0 aliphatic carbocycles.